The highest BCUT2D eigenvalue weighted by Crippen LogP contribution is 2.34. The molecule has 11 heteroatoms. The van der Waals surface area contributed by atoms with Crippen LogP contribution in [0.5, 0.6) is 5.88 Å². The van der Waals surface area contributed by atoms with E-state index < -0.39 is 36.2 Å². The number of cyclic esters (lactones) is 1. The van der Waals surface area contributed by atoms with Gasteiger partial charge in [0.2, 0.25) is 5.88 Å². The van der Waals surface area contributed by atoms with Gasteiger partial charge in [0.1, 0.15) is 12.4 Å². The first-order valence-electron chi connectivity index (χ1n) is 9.36. The van der Waals surface area contributed by atoms with E-state index in [1.165, 1.54) is 47.1 Å². The summed E-state index contributed by atoms with van der Waals surface area (Å²) < 4.78 is 64.2. The summed E-state index contributed by atoms with van der Waals surface area (Å²) in [5.74, 6) is -1.21. The van der Waals surface area contributed by atoms with Gasteiger partial charge in [-0.1, -0.05) is 12.1 Å². The van der Waals surface area contributed by atoms with Gasteiger partial charge in [0.25, 0.3) is 5.91 Å². The number of carbonyl (C=O) groups is 2. The molecule has 1 saturated heterocycles. The fraction of sp³-hybridized carbons (Fsp3) is 0.190. The SMILES string of the molecule is O=C(COc1cc(-c2cccc(C(F)(F)F)c2)n(-c2ccc(F)cc2)n1)N1CCOC1=O. The number of imide groups is 1. The summed E-state index contributed by atoms with van der Waals surface area (Å²) in [6.45, 7) is -0.346. The van der Waals surface area contributed by atoms with Crippen LogP contribution < -0.4 is 4.74 Å². The summed E-state index contributed by atoms with van der Waals surface area (Å²) in [6.07, 6.45) is -5.33. The van der Waals surface area contributed by atoms with Crippen molar-refractivity contribution in [3.8, 4) is 22.8 Å². The van der Waals surface area contributed by atoms with Crippen molar-refractivity contribution in [3.05, 3.63) is 66.0 Å². The molecule has 0 N–H and O–H groups in total. The Morgan fingerprint density at radius 3 is 2.53 bits per heavy atom. The molecule has 0 aliphatic carbocycles. The average molecular weight is 449 g/mol. The molecule has 2 amide bonds. The van der Waals surface area contributed by atoms with E-state index in [0.717, 1.165) is 17.0 Å². The van der Waals surface area contributed by atoms with E-state index in [0.29, 0.717) is 5.69 Å². The summed E-state index contributed by atoms with van der Waals surface area (Å²) in [5, 5.41) is 4.20. The van der Waals surface area contributed by atoms with Crippen LogP contribution in [0.15, 0.2) is 54.6 Å². The molecule has 4 rings (SSSR count). The Bertz CT molecular complexity index is 1160. The first-order valence-corrected chi connectivity index (χ1v) is 9.36. The first-order chi connectivity index (χ1) is 15.2. The van der Waals surface area contributed by atoms with Crippen LogP contribution in [-0.4, -0.2) is 46.4 Å². The van der Waals surface area contributed by atoms with Crippen molar-refractivity contribution in [2.75, 3.05) is 19.8 Å². The predicted octanol–water partition coefficient (Wildman–Crippen LogP) is 4.05. The van der Waals surface area contributed by atoms with Gasteiger partial charge < -0.3 is 9.47 Å². The highest BCUT2D eigenvalue weighted by Gasteiger charge is 2.31. The Morgan fingerprint density at radius 2 is 1.88 bits per heavy atom. The third kappa shape index (κ3) is 4.41. The number of benzene rings is 2. The Balaban J connectivity index is 1.67. The highest BCUT2D eigenvalue weighted by atomic mass is 19.4. The van der Waals surface area contributed by atoms with Crippen LogP contribution in [0.1, 0.15) is 5.56 Å². The zero-order valence-electron chi connectivity index (χ0n) is 16.3. The molecule has 0 radical (unpaired) electrons. The van der Waals surface area contributed by atoms with Crippen LogP contribution in [0.4, 0.5) is 22.4 Å². The molecule has 0 atom stereocenters. The summed E-state index contributed by atoms with van der Waals surface area (Å²) in [5.41, 5.74) is -0.0816. The van der Waals surface area contributed by atoms with Gasteiger partial charge in [-0.25, -0.2) is 18.8 Å². The number of hydrogen-bond donors (Lipinski definition) is 0. The summed E-state index contributed by atoms with van der Waals surface area (Å²) in [4.78, 5) is 24.5. The summed E-state index contributed by atoms with van der Waals surface area (Å²) in [6, 6.07) is 11.1. The maximum absolute atomic E-state index is 13.3. The molecule has 1 aliphatic rings. The monoisotopic (exact) mass is 449 g/mol. The Kier molecular flexibility index (Phi) is 5.56. The summed E-state index contributed by atoms with van der Waals surface area (Å²) in [7, 11) is 0. The molecule has 1 aliphatic heterocycles. The van der Waals surface area contributed by atoms with Gasteiger partial charge in [-0.3, -0.25) is 4.79 Å². The first kappa shape index (κ1) is 21.3. The number of carbonyl (C=O) groups excluding carboxylic acids is 2. The van der Waals surface area contributed by atoms with Crippen molar-refractivity contribution in [1.29, 1.82) is 0 Å². The van der Waals surface area contributed by atoms with Crippen LogP contribution in [0.25, 0.3) is 16.9 Å². The average Bonchev–Trinajstić information content (AvgIpc) is 3.38. The Morgan fingerprint density at radius 1 is 1.12 bits per heavy atom. The molecule has 0 saturated carbocycles. The van der Waals surface area contributed by atoms with Crippen LogP contribution in [0, 0.1) is 5.82 Å². The van der Waals surface area contributed by atoms with Crippen LogP contribution in [0.2, 0.25) is 0 Å². The Labute approximate surface area is 178 Å². The fourth-order valence-electron chi connectivity index (χ4n) is 3.10. The maximum Gasteiger partial charge on any atom is 0.416 e. The number of hydrogen-bond acceptors (Lipinski definition) is 5. The molecule has 1 aromatic heterocycles. The van der Waals surface area contributed by atoms with Crippen molar-refractivity contribution >= 4 is 12.0 Å². The third-order valence-electron chi connectivity index (χ3n) is 4.65. The largest absolute Gasteiger partial charge is 0.466 e. The number of amides is 2. The lowest BCUT2D eigenvalue weighted by Gasteiger charge is -2.10. The van der Waals surface area contributed by atoms with E-state index in [9.17, 15) is 27.2 Å². The van der Waals surface area contributed by atoms with Crippen LogP contribution in [-0.2, 0) is 15.7 Å². The second kappa shape index (κ2) is 8.33. The number of halogens is 4. The van der Waals surface area contributed by atoms with Gasteiger partial charge >= 0.3 is 12.3 Å². The van der Waals surface area contributed by atoms with Crippen LogP contribution in [0.3, 0.4) is 0 Å². The molecular weight excluding hydrogens is 434 g/mol. The zero-order chi connectivity index (χ0) is 22.9. The lowest BCUT2D eigenvalue weighted by molar-refractivity contribution is -0.137. The second-order valence-electron chi connectivity index (χ2n) is 6.78. The van der Waals surface area contributed by atoms with E-state index in [1.807, 2.05) is 0 Å². The number of nitrogens with zero attached hydrogens (tertiary/aromatic N) is 3. The standard InChI is InChI=1S/C21H15F4N3O4/c22-15-4-6-16(7-5-15)28-17(13-2-1-3-14(10-13)21(23,24)25)11-18(26-28)32-12-19(29)27-8-9-31-20(27)30/h1-7,10-11H,8-9,12H2. The molecule has 0 spiro atoms. The van der Waals surface area contributed by atoms with Crippen LogP contribution >= 0.6 is 0 Å². The quantitative estimate of drug-likeness (QED) is 0.550. The molecule has 7 nitrogen and oxygen atoms in total. The molecule has 0 bridgehead atoms. The second-order valence-corrected chi connectivity index (χ2v) is 6.78. The van der Waals surface area contributed by atoms with Crippen molar-refractivity contribution in [2.24, 2.45) is 0 Å². The third-order valence-corrected chi connectivity index (χ3v) is 4.65. The zero-order valence-corrected chi connectivity index (χ0v) is 16.3. The highest BCUT2D eigenvalue weighted by molar-refractivity contribution is 5.93. The molecule has 2 heterocycles. The Hall–Kier alpha value is -3.89. The number of rotatable bonds is 5. The van der Waals surface area contributed by atoms with Crippen molar-refractivity contribution in [3.63, 3.8) is 0 Å². The molecule has 166 valence electrons. The molecule has 0 unspecified atom stereocenters. The number of aromatic nitrogens is 2. The minimum absolute atomic E-state index is 0.0670. The molecule has 32 heavy (non-hydrogen) atoms. The van der Waals surface area contributed by atoms with Crippen molar-refractivity contribution in [2.45, 2.75) is 6.18 Å². The lowest BCUT2D eigenvalue weighted by atomic mass is 10.1. The van der Waals surface area contributed by atoms with Gasteiger partial charge in [0.15, 0.2) is 6.61 Å². The maximum atomic E-state index is 13.3. The number of alkyl halides is 3. The molecule has 3 aromatic rings. The van der Waals surface area contributed by atoms with Gasteiger partial charge in [0, 0.05) is 11.6 Å². The molecule has 2 aromatic carbocycles. The fourth-order valence-corrected chi connectivity index (χ4v) is 3.10. The summed E-state index contributed by atoms with van der Waals surface area (Å²) >= 11 is 0. The van der Waals surface area contributed by atoms with Gasteiger partial charge in [-0.2, -0.15) is 13.2 Å². The molecule has 1 fully saturated rings. The van der Waals surface area contributed by atoms with Gasteiger partial charge in [-0.05, 0) is 36.4 Å². The number of ether oxygens (including phenoxy) is 2. The molecular formula is C21H15F4N3O4. The normalized spacial score (nSPS) is 13.9. The van der Waals surface area contributed by atoms with E-state index >= 15 is 0 Å². The topological polar surface area (TPSA) is 73.7 Å². The van der Waals surface area contributed by atoms with E-state index in [4.69, 9.17) is 9.47 Å². The van der Waals surface area contributed by atoms with E-state index in [2.05, 4.69) is 5.10 Å². The van der Waals surface area contributed by atoms with E-state index in [-0.39, 0.29) is 30.3 Å². The minimum Gasteiger partial charge on any atom is -0.466 e. The predicted molar refractivity (Wildman–Crippen MR) is 103 cm³/mol. The van der Waals surface area contributed by atoms with E-state index in [1.54, 1.807) is 0 Å². The minimum atomic E-state index is -4.55. The van der Waals surface area contributed by atoms with Crippen molar-refractivity contribution < 1.29 is 36.6 Å². The smallest absolute Gasteiger partial charge is 0.416 e. The lowest BCUT2D eigenvalue weighted by Crippen LogP contribution is -2.35. The van der Waals surface area contributed by atoms with Gasteiger partial charge in [0.05, 0.1) is 23.5 Å². The van der Waals surface area contributed by atoms with Crippen molar-refractivity contribution in [1.82, 2.24) is 14.7 Å². The van der Waals surface area contributed by atoms with Gasteiger partial charge in [-0.15, -0.1) is 5.10 Å².